The van der Waals surface area contributed by atoms with E-state index in [1.165, 1.54) is 52.1 Å². The molecule has 260 valence electrons. The molecule has 2 amide bonds. The number of hydrogen-bond donors (Lipinski definition) is 3. The fourth-order valence-electron chi connectivity index (χ4n) is 4.68. The summed E-state index contributed by atoms with van der Waals surface area (Å²) in [6, 6.07) is 5.83. The van der Waals surface area contributed by atoms with Crippen LogP contribution in [0.1, 0.15) is 102 Å². The van der Waals surface area contributed by atoms with Gasteiger partial charge < -0.3 is 35.3 Å². The van der Waals surface area contributed by atoms with Crippen LogP contribution in [0, 0.1) is 0 Å². The lowest BCUT2D eigenvalue weighted by Gasteiger charge is -2.20. The van der Waals surface area contributed by atoms with E-state index >= 15 is 0 Å². The number of carbonyl (C=O) groups is 5. The SMILES string of the molecule is CCCCCCCCCCCCCC(=O)N[C@H](CCC(=O)N[C@@H](COC[C@@H](N)C(=O)OC)C(=O)OC)C(=O)OCc1ccccc1. The molecular weight excluding hydrogens is 594 g/mol. The van der Waals surface area contributed by atoms with Gasteiger partial charge in [0.15, 0.2) is 6.04 Å². The first-order chi connectivity index (χ1) is 22.2. The van der Waals surface area contributed by atoms with E-state index in [4.69, 9.17) is 19.9 Å². The summed E-state index contributed by atoms with van der Waals surface area (Å²) in [5.74, 6) is -2.97. The molecule has 0 heterocycles. The van der Waals surface area contributed by atoms with E-state index in [0.717, 1.165) is 31.9 Å². The van der Waals surface area contributed by atoms with Crippen LogP contribution in [0.2, 0.25) is 0 Å². The minimum atomic E-state index is -1.18. The number of ether oxygens (including phenoxy) is 4. The van der Waals surface area contributed by atoms with Gasteiger partial charge in [-0.3, -0.25) is 14.4 Å². The number of hydrogen-bond acceptors (Lipinski definition) is 10. The third-order valence-electron chi connectivity index (χ3n) is 7.42. The van der Waals surface area contributed by atoms with E-state index in [1.807, 2.05) is 30.3 Å². The van der Waals surface area contributed by atoms with Gasteiger partial charge in [0, 0.05) is 12.8 Å². The molecule has 0 radical (unpaired) electrons. The van der Waals surface area contributed by atoms with Crippen molar-refractivity contribution >= 4 is 29.7 Å². The fourth-order valence-corrected chi connectivity index (χ4v) is 4.68. The Morgan fingerprint density at radius 3 is 1.80 bits per heavy atom. The summed E-state index contributed by atoms with van der Waals surface area (Å²) >= 11 is 0. The van der Waals surface area contributed by atoms with Gasteiger partial charge in [0.05, 0.1) is 27.4 Å². The fraction of sp³-hybridized carbons (Fsp3) is 0.676. The number of amides is 2. The molecule has 0 saturated heterocycles. The highest BCUT2D eigenvalue weighted by Gasteiger charge is 2.26. The Hall–Kier alpha value is -3.51. The lowest BCUT2D eigenvalue weighted by molar-refractivity contribution is -0.150. The van der Waals surface area contributed by atoms with Gasteiger partial charge in [0.2, 0.25) is 11.8 Å². The first-order valence-corrected chi connectivity index (χ1v) is 16.5. The van der Waals surface area contributed by atoms with Crippen molar-refractivity contribution in [3.05, 3.63) is 35.9 Å². The Balaban J connectivity index is 2.60. The van der Waals surface area contributed by atoms with E-state index in [0.29, 0.717) is 6.42 Å². The third-order valence-corrected chi connectivity index (χ3v) is 7.42. The Bertz CT molecular complexity index is 1020. The average molecular weight is 650 g/mol. The molecular formula is C34H55N3O9. The van der Waals surface area contributed by atoms with Crippen LogP contribution in [0.3, 0.4) is 0 Å². The minimum Gasteiger partial charge on any atom is -0.468 e. The molecule has 1 rings (SSSR count). The van der Waals surface area contributed by atoms with Crippen molar-refractivity contribution in [3.8, 4) is 0 Å². The number of carbonyl (C=O) groups excluding carboxylic acids is 5. The highest BCUT2D eigenvalue weighted by Crippen LogP contribution is 2.12. The molecule has 1 aromatic carbocycles. The van der Waals surface area contributed by atoms with Gasteiger partial charge in [-0.2, -0.15) is 0 Å². The molecule has 4 N–H and O–H groups in total. The predicted molar refractivity (Wildman–Crippen MR) is 173 cm³/mol. The molecule has 1 aromatic rings. The summed E-state index contributed by atoms with van der Waals surface area (Å²) in [5.41, 5.74) is 6.42. The molecule has 46 heavy (non-hydrogen) atoms. The maximum absolute atomic E-state index is 13.0. The van der Waals surface area contributed by atoms with Crippen molar-refractivity contribution in [1.29, 1.82) is 0 Å². The molecule has 0 aliphatic rings. The van der Waals surface area contributed by atoms with Crippen LogP contribution in [0.4, 0.5) is 0 Å². The van der Waals surface area contributed by atoms with Crippen LogP contribution in [-0.4, -0.2) is 75.3 Å². The molecule has 12 heteroatoms. The van der Waals surface area contributed by atoms with E-state index in [2.05, 4.69) is 22.3 Å². The van der Waals surface area contributed by atoms with Crippen LogP contribution in [0.25, 0.3) is 0 Å². The van der Waals surface area contributed by atoms with Crippen molar-refractivity contribution in [3.63, 3.8) is 0 Å². The average Bonchev–Trinajstić information content (AvgIpc) is 3.06. The largest absolute Gasteiger partial charge is 0.468 e. The van der Waals surface area contributed by atoms with Crippen LogP contribution in [-0.2, 0) is 49.5 Å². The topological polar surface area (TPSA) is 172 Å². The molecule has 0 aliphatic carbocycles. The molecule has 0 unspecified atom stereocenters. The normalized spacial score (nSPS) is 12.8. The van der Waals surface area contributed by atoms with Gasteiger partial charge in [-0.05, 0) is 18.4 Å². The molecule has 0 spiro atoms. The van der Waals surface area contributed by atoms with Crippen molar-refractivity contribution < 1.29 is 42.9 Å². The zero-order valence-corrected chi connectivity index (χ0v) is 27.9. The highest BCUT2D eigenvalue weighted by molar-refractivity contribution is 5.87. The Kier molecular flexibility index (Phi) is 22.6. The summed E-state index contributed by atoms with van der Waals surface area (Å²) in [4.78, 5) is 62.1. The Morgan fingerprint density at radius 1 is 0.674 bits per heavy atom. The number of nitrogens with one attached hydrogen (secondary N) is 2. The number of benzene rings is 1. The summed E-state index contributed by atoms with van der Waals surface area (Å²) < 4.78 is 20.0. The lowest BCUT2D eigenvalue weighted by atomic mass is 10.0. The van der Waals surface area contributed by atoms with Crippen molar-refractivity contribution in [2.75, 3.05) is 27.4 Å². The first-order valence-electron chi connectivity index (χ1n) is 16.5. The summed E-state index contributed by atoms with van der Waals surface area (Å²) in [7, 11) is 2.34. The lowest BCUT2D eigenvalue weighted by Crippen LogP contribution is -2.47. The van der Waals surface area contributed by atoms with Gasteiger partial charge >= 0.3 is 17.9 Å². The van der Waals surface area contributed by atoms with E-state index in [1.54, 1.807) is 0 Å². The second-order valence-corrected chi connectivity index (χ2v) is 11.3. The van der Waals surface area contributed by atoms with Crippen LogP contribution in [0.15, 0.2) is 30.3 Å². The molecule has 3 atom stereocenters. The van der Waals surface area contributed by atoms with Gasteiger partial charge in [-0.1, -0.05) is 101 Å². The number of nitrogens with two attached hydrogens (primary N) is 1. The second kappa shape index (κ2) is 25.7. The van der Waals surface area contributed by atoms with Crippen molar-refractivity contribution in [2.24, 2.45) is 5.73 Å². The van der Waals surface area contributed by atoms with Crippen LogP contribution in [0.5, 0.6) is 0 Å². The number of unbranched alkanes of at least 4 members (excludes halogenated alkanes) is 10. The molecule has 0 aromatic heterocycles. The van der Waals surface area contributed by atoms with Gasteiger partial charge in [-0.15, -0.1) is 0 Å². The molecule has 0 saturated carbocycles. The first kappa shape index (κ1) is 40.5. The van der Waals surface area contributed by atoms with E-state index in [-0.39, 0.29) is 45.0 Å². The van der Waals surface area contributed by atoms with Gasteiger partial charge in [0.25, 0.3) is 0 Å². The standard InChI is InChI=1S/C34H55N3O9/c1-4-5-6-7-8-9-10-11-12-13-17-20-30(38)36-28(34(42)46-23-26-18-15-14-16-19-26)21-22-31(39)37-29(33(41)44-3)25-45-24-27(35)32(40)43-2/h14-16,18-19,27-29H,4-13,17,20-25,35H2,1-3H3,(H,36,38)(H,37,39)/t27-,28-,29+/m1/s1. The zero-order valence-electron chi connectivity index (χ0n) is 27.9. The molecule has 0 aliphatic heterocycles. The van der Waals surface area contributed by atoms with E-state index < -0.39 is 41.9 Å². The molecule has 0 bridgehead atoms. The quantitative estimate of drug-likeness (QED) is 0.0760. The summed E-state index contributed by atoms with van der Waals surface area (Å²) in [6.45, 7) is 1.69. The van der Waals surface area contributed by atoms with Gasteiger partial charge in [-0.25, -0.2) is 9.59 Å². The number of methoxy groups -OCH3 is 2. The third kappa shape index (κ3) is 19.1. The Morgan fingerprint density at radius 2 is 1.22 bits per heavy atom. The smallest absolute Gasteiger partial charge is 0.330 e. The van der Waals surface area contributed by atoms with E-state index in [9.17, 15) is 24.0 Å². The number of esters is 3. The second-order valence-electron chi connectivity index (χ2n) is 11.3. The van der Waals surface area contributed by atoms with Crippen molar-refractivity contribution in [1.82, 2.24) is 10.6 Å². The molecule has 12 nitrogen and oxygen atoms in total. The minimum absolute atomic E-state index is 0.0201. The maximum Gasteiger partial charge on any atom is 0.330 e. The highest BCUT2D eigenvalue weighted by atomic mass is 16.5. The maximum atomic E-state index is 13.0. The monoisotopic (exact) mass is 649 g/mol. The zero-order chi connectivity index (χ0) is 34.0. The van der Waals surface area contributed by atoms with Crippen LogP contribution < -0.4 is 16.4 Å². The summed E-state index contributed by atoms with van der Waals surface area (Å²) in [6.07, 6.45) is 12.8. The van der Waals surface area contributed by atoms with Gasteiger partial charge in [0.1, 0.15) is 18.7 Å². The Labute approximate surface area is 273 Å². The van der Waals surface area contributed by atoms with Crippen molar-refractivity contribution in [2.45, 2.75) is 122 Å². The number of rotatable bonds is 26. The predicted octanol–water partition coefficient (Wildman–Crippen LogP) is 3.87. The molecule has 0 fully saturated rings. The van der Waals surface area contributed by atoms with Crippen LogP contribution >= 0.6 is 0 Å². The summed E-state index contributed by atoms with van der Waals surface area (Å²) in [5, 5.41) is 5.23.